The first kappa shape index (κ1) is 15.0. The zero-order valence-corrected chi connectivity index (χ0v) is 8.37. The number of hydrogen-bond acceptors (Lipinski definition) is 5. The summed E-state index contributed by atoms with van der Waals surface area (Å²) in [6.07, 6.45) is 3.68. The van der Waals surface area contributed by atoms with Crippen LogP contribution in [0.15, 0.2) is 0 Å². The Kier molecular flexibility index (Phi) is 11.0. The molecule has 0 N–H and O–H groups in total. The predicted octanol–water partition coefficient (Wildman–Crippen LogP) is 1.09. The molecule has 0 fully saturated rings. The van der Waals surface area contributed by atoms with Gasteiger partial charge in [-0.15, -0.1) is 15.5 Å². The maximum Gasteiger partial charge on any atom is 0.756 e. The van der Waals surface area contributed by atoms with Crippen LogP contribution in [0.2, 0.25) is 0 Å². The van der Waals surface area contributed by atoms with Crippen molar-refractivity contribution in [2.75, 3.05) is 13.2 Å². The van der Waals surface area contributed by atoms with Crippen molar-refractivity contribution >= 4 is 33.3 Å². The Hall–Kier alpha value is -0.513. The first-order valence-electron chi connectivity index (χ1n) is 3.09. The zero-order valence-electron chi connectivity index (χ0n) is 7.48. The van der Waals surface area contributed by atoms with Gasteiger partial charge in [0.2, 0.25) is 0 Å². The number of carbonyl (C=O) groups excluding carboxylic acids is 1. The summed E-state index contributed by atoms with van der Waals surface area (Å²) in [5.74, 6) is 2.05. The molecule has 0 aromatic carbocycles. The summed E-state index contributed by atoms with van der Waals surface area (Å²) in [5.41, 5.74) is 0. The third-order valence-electron chi connectivity index (χ3n) is 0.657. The molecule has 0 spiro atoms. The monoisotopic (exact) mass is 198 g/mol. The number of terminal acetylenes is 1. The van der Waals surface area contributed by atoms with Gasteiger partial charge in [-0.1, -0.05) is 5.92 Å². The van der Waals surface area contributed by atoms with Gasteiger partial charge >= 0.3 is 14.4 Å². The zero-order chi connectivity index (χ0) is 9.40. The van der Waals surface area contributed by atoms with Crippen LogP contribution in [0, 0.1) is 12.3 Å². The maximum absolute atomic E-state index is 10.6. The minimum absolute atomic E-state index is 0. The summed E-state index contributed by atoms with van der Waals surface area (Å²) in [5, 5.41) is 0. The van der Waals surface area contributed by atoms with E-state index in [4.69, 9.17) is 6.42 Å². The fourth-order valence-corrected chi connectivity index (χ4v) is 0.758. The summed E-state index contributed by atoms with van der Waals surface area (Å²) in [6, 6.07) is 0. The molecule has 1 unspecified atom stereocenters. The molecule has 0 aliphatic rings. The maximum atomic E-state index is 10.6. The van der Waals surface area contributed by atoms with Gasteiger partial charge in [0, 0.05) is 23.4 Å². The van der Waals surface area contributed by atoms with Gasteiger partial charge in [-0.2, -0.15) is 4.79 Å². The molecule has 7 heteroatoms. The first-order chi connectivity index (χ1) is 5.70. The molecule has 1 atom stereocenters. The Balaban J connectivity index is 0. The van der Waals surface area contributed by atoms with Crippen LogP contribution in [-0.2, 0) is 18.3 Å². The van der Waals surface area contributed by atoms with Crippen molar-refractivity contribution in [1.29, 1.82) is 0 Å². The van der Waals surface area contributed by atoms with E-state index < -0.39 is 14.4 Å². The van der Waals surface area contributed by atoms with Crippen molar-refractivity contribution in [3.8, 4) is 12.3 Å². The van der Waals surface area contributed by atoms with E-state index in [1.807, 2.05) is 5.92 Å². The summed E-state index contributed by atoms with van der Waals surface area (Å²) in [4.78, 5) is 10.5. The van der Waals surface area contributed by atoms with Crippen LogP contribution in [0.3, 0.4) is 0 Å². The molecule has 0 heterocycles. The Morgan fingerprint density at radius 2 is 2.23 bits per heavy atom. The fourth-order valence-electron chi connectivity index (χ4n) is 0.320. The minimum atomic E-state index is -2.43. The average Bonchev–Trinajstić information content (AvgIpc) is 2.01. The van der Waals surface area contributed by atoms with Crippen LogP contribution in [0.1, 0.15) is 6.92 Å². The molecule has 0 saturated heterocycles. The first-order valence-corrected chi connectivity index (χ1v) is 4.18. The summed E-state index contributed by atoms with van der Waals surface area (Å²) >= 11 is 0. The van der Waals surface area contributed by atoms with Gasteiger partial charge in [0.05, 0.1) is 0 Å². The molecule has 0 rings (SSSR count). The van der Waals surface area contributed by atoms with Crippen LogP contribution >= 0.6 is 8.25 Å². The Morgan fingerprint density at radius 1 is 1.62 bits per heavy atom. The second-order valence-corrected chi connectivity index (χ2v) is 2.36. The second-order valence-electron chi connectivity index (χ2n) is 1.48. The van der Waals surface area contributed by atoms with Crippen LogP contribution in [0.4, 0.5) is 4.79 Å². The largest absolute Gasteiger partial charge is 0.756 e. The molecule has 0 amide bonds. The average molecular weight is 198 g/mol. The van der Waals surface area contributed by atoms with Gasteiger partial charge in [0.1, 0.15) is 6.61 Å². The normalized spacial score (nSPS) is 9.08. The third-order valence-corrected chi connectivity index (χ3v) is 1.42. The van der Waals surface area contributed by atoms with E-state index in [1.165, 1.54) is 0 Å². The Bertz CT molecular complexity index is 212. The van der Waals surface area contributed by atoms with E-state index in [-0.39, 0.29) is 32.1 Å². The molecule has 13 heavy (non-hydrogen) atoms. The summed E-state index contributed by atoms with van der Waals surface area (Å²) < 4.78 is 23.4. The van der Waals surface area contributed by atoms with Crippen molar-refractivity contribution in [2.45, 2.75) is 6.92 Å². The quantitative estimate of drug-likeness (QED) is 0.293. The van der Waals surface area contributed by atoms with E-state index in [0.717, 1.165) is 0 Å². The van der Waals surface area contributed by atoms with Gasteiger partial charge in [0.15, 0.2) is 6.61 Å². The third kappa shape index (κ3) is 9.40. The number of rotatable bonds is 4. The standard InChI is InChI=1S/C6H8O5P.Li/c1-3-5-9-6(7)11-12(8)10-4-2;/h1H,4-5H2,2H3;/q+1;. The number of ether oxygens (including phenoxy) is 1. The molecule has 0 aliphatic carbocycles. The van der Waals surface area contributed by atoms with Gasteiger partial charge in [-0.25, -0.2) is 0 Å². The molecule has 5 nitrogen and oxygen atoms in total. The number of hydrogen-bond donors (Lipinski definition) is 0. The van der Waals surface area contributed by atoms with Crippen molar-refractivity contribution in [3.63, 3.8) is 0 Å². The molecular formula is C6H8LiO5P+. The molecule has 0 bridgehead atoms. The van der Waals surface area contributed by atoms with Crippen molar-refractivity contribution in [3.05, 3.63) is 0 Å². The minimum Gasteiger partial charge on any atom is -0.418 e. The van der Waals surface area contributed by atoms with E-state index in [9.17, 15) is 9.36 Å². The van der Waals surface area contributed by atoms with Crippen LogP contribution in [0.25, 0.3) is 0 Å². The van der Waals surface area contributed by atoms with Gasteiger partial charge in [0.25, 0.3) is 0 Å². The predicted molar refractivity (Wildman–Crippen MR) is 46.3 cm³/mol. The Labute approximate surface area is 89.2 Å². The second kappa shape index (κ2) is 9.57. The molecule has 1 radical (unpaired) electrons. The van der Waals surface area contributed by atoms with E-state index in [1.54, 1.807) is 6.92 Å². The van der Waals surface area contributed by atoms with Gasteiger partial charge in [-0.3, -0.25) is 0 Å². The Morgan fingerprint density at radius 3 is 2.69 bits per heavy atom. The van der Waals surface area contributed by atoms with E-state index >= 15 is 0 Å². The van der Waals surface area contributed by atoms with Crippen molar-refractivity contribution in [2.24, 2.45) is 0 Å². The summed E-state index contributed by atoms with van der Waals surface area (Å²) in [6.45, 7) is 1.59. The number of carbonyl (C=O) groups is 1. The van der Waals surface area contributed by atoms with Gasteiger partial charge in [-0.05, 0) is 6.92 Å². The molecule has 0 aliphatic heterocycles. The molecule has 67 valence electrons. The molecule has 0 saturated carbocycles. The van der Waals surface area contributed by atoms with Crippen LogP contribution in [0.5, 0.6) is 0 Å². The fraction of sp³-hybridized carbons (Fsp3) is 0.500. The SMILES string of the molecule is C#CCOC(=O)O[P+](=O)OCC.[Li]. The molecular weight excluding hydrogens is 190 g/mol. The van der Waals surface area contributed by atoms with E-state index in [0.29, 0.717) is 0 Å². The molecule has 0 aromatic heterocycles. The van der Waals surface area contributed by atoms with Crippen molar-refractivity contribution in [1.82, 2.24) is 0 Å². The van der Waals surface area contributed by atoms with Gasteiger partial charge < -0.3 is 4.74 Å². The van der Waals surface area contributed by atoms with Crippen molar-refractivity contribution < 1.29 is 23.1 Å². The topological polar surface area (TPSA) is 61.8 Å². The van der Waals surface area contributed by atoms with Crippen LogP contribution < -0.4 is 0 Å². The van der Waals surface area contributed by atoms with Crippen LogP contribution in [-0.4, -0.2) is 38.2 Å². The summed E-state index contributed by atoms with van der Waals surface area (Å²) in [7, 11) is -2.43. The van der Waals surface area contributed by atoms with E-state index in [2.05, 4.69) is 13.8 Å². The smallest absolute Gasteiger partial charge is 0.418 e. The molecule has 0 aromatic rings.